The molecule has 1 atom stereocenters. The summed E-state index contributed by atoms with van der Waals surface area (Å²) in [6.45, 7) is 5.45. The molecule has 1 N–H and O–H groups in total. The summed E-state index contributed by atoms with van der Waals surface area (Å²) in [5.74, 6) is 0.743. The lowest BCUT2D eigenvalue weighted by atomic mass is 10.1. The van der Waals surface area contributed by atoms with Gasteiger partial charge in [0, 0.05) is 6.54 Å². The maximum atomic E-state index is 4.09. The van der Waals surface area contributed by atoms with Gasteiger partial charge < -0.3 is 5.32 Å². The van der Waals surface area contributed by atoms with Crippen LogP contribution in [0, 0.1) is 5.92 Å². The van der Waals surface area contributed by atoms with Gasteiger partial charge in [0.1, 0.15) is 0 Å². The molecule has 1 aromatic heterocycles. The molecule has 4 heteroatoms. The summed E-state index contributed by atoms with van der Waals surface area (Å²) in [4.78, 5) is 0. The standard InChI is InChI=1S/C9H16N4/c1-2-9-6-11-12-13(9)7-8-3-4-10-5-8/h6,8,10H,2-5,7H2,1H3. The second-order valence-electron chi connectivity index (χ2n) is 3.62. The van der Waals surface area contributed by atoms with Crippen molar-refractivity contribution in [2.45, 2.75) is 26.3 Å². The van der Waals surface area contributed by atoms with Crippen LogP contribution in [-0.2, 0) is 13.0 Å². The number of nitrogens with zero attached hydrogens (tertiary/aromatic N) is 3. The Morgan fingerprint density at radius 1 is 1.69 bits per heavy atom. The molecule has 1 unspecified atom stereocenters. The monoisotopic (exact) mass is 180 g/mol. The summed E-state index contributed by atoms with van der Waals surface area (Å²) in [6, 6.07) is 0. The van der Waals surface area contributed by atoms with Gasteiger partial charge in [0.2, 0.25) is 0 Å². The SMILES string of the molecule is CCc1cnnn1CC1CCNC1. The molecule has 1 aliphatic rings. The fourth-order valence-corrected chi connectivity index (χ4v) is 1.82. The Morgan fingerprint density at radius 2 is 2.62 bits per heavy atom. The maximum Gasteiger partial charge on any atom is 0.0725 e. The van der Waals surface area contributed by atoms with Crippen LogP contribution in [0.5, 0.6) is 0 Å². The van der Waals surface area contributed by atoms with E-state index in [1.54, 1.807) is 0 Å². The van der Waals surface area contributed by atoms with Crippen LogP contribution in [0.15, 0.2) is 6.20 Å². The van der Waals surface area contributed by atoms with Crippen LogP contribution in [0.4, 0.5) is 0 Å². The maximum absolute atomic E-state index is 4.09. The van der Waals surface area contributed by atoms with Gasteiger partial charge in [-0.15, -0.1) is 5.10 Å². The molecule has 0 aliphatic carbocycles. The first-order valence-electron chi connectivity index (χ1n) is 4.98. The Labute approximate surface area is 78.3 Å². The molecule has 0 spiro atoms. The van der Waals surface area contributed by atoms with Crippen molar-refractivity contribution in [3.05, 3.63) is 11.9 Å². The molecule has 13 heavy (non-hydrogen) atoms. The van der Waals surface area contributed by atoms with Crippen molar-refractivity contribution in [3.8, 4) is 0 Å². The van der Waals surface area contributed by atoms with Crippen LogP contribution in [0.25, 0.3) is 0 Å². The van der Waals surface area contributed by atoms with Gasteiger partial charge in [-0.3, -0.25) is 0 Å². The first-order chi connectivity index (χ1) is 6.40. The van der Waals surface area contributed by atoms with Gasteiger partial charge in [0.25, 0.3) is 0 Å². The third kappa shape index (κ3) is 1.88. The van der Waals surface area contributed by atoms with E-state index in [1.807, 2.05) is 10.9 Å². The molecule has 2 heterocycles. The molecule has 0 radical (unpaired) electrons. The van der Waals surface area contributed by atoms with Crippen molar-refractivity contribution in [2.75, 3.05) is 13.1 Å². The second-order valence-corrected chi connectivity index (χ2v) is 3.62. The third-order valence-electron chi connectivity index (χ3n) is 2.65. The Bertz CT molecular complexity index is 262. The Balaban J connectivity index is 1.99. The van der Waals surface area contributed by atoms with E-state index in [1.165, 1.54) is 12.1 Å². The minimum Gasteiger partial charge on any atom is -0.316 e. The van der Waals surface area contributed by atoms with E-state index in [4.69, 9.17) is 0 Å². The van der Waals surface area contributed by atoms with Gasteiger partial charge in [0.15, 0.2) is 0 Å². The lowest BCUT2D eigenvalue weighted by molar-refractivity contribution is 0.431. The van der Waals surface area contributed by atoms with E-state index >= 15 is 0 Å². The molecule has 2 rings (SSSR count). The van der Waals surface area contributed by atoms with Crippen LogP contribution < -0.4 is 5.32 Å². The summed E-state index contributed by atoms with van der Waals surface area (Å²) in [5, 5.41) is 11.4. The highest BCUT2D eigenvalue weighted by Crippen LogP contribution is 2.11. The van der Waals surface area contributed by atoms with Crippen LogP contribution in [0.2, 0.25) is 0 Å². The Kier molecular flexibility index (Phi) is 2.59. The van der Waals surface area contributed by atoms with E-state index in [0.717, 1.165) is 32.0 Å². The third-order valence-corrected chi connectivity index (χ3v) is 2.65. The molecular formula is C9H16N4. The average Bonchev–Trinajstić information content (AvgIpc) is 2.76. The molecule has 1 aromatic rings. The number of nitrogens with one attached hydrogen (secondary N) is 1. The largest absolute Gasteiger partial charge is 0.316 e. The van der Waals surface area contributed by atoms with Crippen molar-refractivity contribution in [3.63, 3.8) is 0 Å². The number of aromatic nitrogens is 3. The normalized spacial score (nSPS) is 22.4. The fraction of sp³-hybridized carbons (Fsp3) is 0.778. The Hall–Kier alpha value is -0.900. The zero-order chi connectivity index (χ0) is 9.10. The molecule has 0 amide bonds. The van der Waals surface area contributed by atoms with Crippen molar-refractivity contribution in [2.24, 2.45) is 5.92 Å². The van der Waals surface area contributed by atoms with Crippen LogP contribution >= 0.6 is 0 Å². The molecule has 1 fully saturated rings. The lowest BCUT2D eigenvalue weighted by Gasteiger charge is -2.09. The minimum atomic E-state index is 0.743. The molecule has 4 nitrogen and oxygen atoms in total. The zero-order valence-corrected chi connectivity index (χ0v) is 8.03. The summed E-state index contributed by atoms with van der Waals surface area (Å²) >= 11 is 0. The van der Waals surface area contributed by atoms with Gasteiger partial charge in [0.05, 0.1) is 11.9 Å². The highest BCUT2D eigenvalue weighted by atomic mass is 15.4. The molecule has 0 aromatic carbocycles. The summed E-state index contributed by atoms with van der Waals surface area (Å²) in [5.41, 5.74) is 1.24. The van der Waals surface area contributed by atoms with Crippen LogP contribution in [0.1, 0.15) is 19.0 Å². The van der Waals surface area contributed by atoms with E-state index < -0.39 is 0 Å². The van der Waals surface area contributed by atoms with Crippen LogP contribution in [-0.4, -0.2) is 28.1 Å². The quantitative estimate of drug-likeness (QED) is 0.734. The molecular weight excluding hydrogens is 164 g/mol. The van der Waals surface area contributed by atoms with Crippen molar-refractivity contribution < 1.29 is 0 Å². The van der Waals surface area contributed by atoms with Gasteiger partial charge in [-0.25, -0.2) is 4.68 Å². The summed E-state index contributed by atoms with van der Waals surface area (Å²) in [6.07, 6.45) is 4.15. The minimum absolute atomic E-state index is 0.743. The first kappa shape index (κ1) is 8.69. The Morgan fingerprint density at radius 3 is 3.31 bits per heavy atom. The van der Waals surface area contributed by atoms with E-state index in [0.29, 0.717) is 0 Å². The highest BCUT2D eigenvalue weighted by Gasteiger charge is 2.16. The van der Waals surface area contributed by atoms with E-state index in [2.05, 4.69) is 22.6 Å². The summed E-state index contributed by atoms with van der Waals surface area (Å²) in [7, 11) is 0. The van der Waals surface area contributed by atoms with E-state index in [-0.39, 0.29) is 0 Å². The molecule has 0 bridgehead atoms. The second kappa shape index (κ2) is 3.87. The molecule has 1 saturated heterocycles. The van der Waals surface area contributed by atoms with Crippen LogP contribution in [0.3, 0.4) is 0 Å². The number of aryl methyl sites for hydroxylation is 1. The van der Waals surface area contributed by atoms with Gasteiger partial charge in [-0.1, -0.05) is 12.1 Å². The predicted molar refractivity (Wildman–Crippen MR) is 50.4 cm³/mol. The topological polar surface area (TPSA) is 42.7 Å². The van der Waals surface area contributed by atoms with Crippen molar-refractivity contribution in [1.82, 2.24) is 20.3 Å². The van der Waals surface area contributed by atoms with Crippen molar-refractivity contribution >= 4 is 0 Å². The number of hydrogen-bond donors (Lipinski definition) is 1. The predicted octanol–water partition coefficient (Wildman–Crippen LogP) is 0.450. The van der Waals surface area contributed by atoms with Gasteiger partial charge >= 0.3 is 0 Å². The lowest BCUT2D eigenvalue weighted by Crippen LogP contribution is -2.16. The molecule has 1 aliphatic heterocycles. The summed E-state index contributed by atoms with van der Waals surface area (Å²) < 4.78 is 2.04. The fourth-order valence-electron chi connectivity index (χ4n) is 1.82. The first-order valence-corrected chi connectivity index (χ1v) is 4.98. The molecule has 0 saturated carbocycles. The smallest absolute Gasteiger partial charge is 0.0725 e. The van der Waals surface area contributed by atoms with Gasteiger partial charge in [-0.2, -0.15) is 0 Å². The van der Waals surface area contributed by atoms with Gasteiger partial charge in [-0.05, 0) is 31.8 Å². The number of hydrogen-bond acceptors (Lipinski definition) is 3. The average molecular weight is 180 g/mol. The van der Waals surface area contributed by atoms with E-state index in [9.17, 15) is 0 Å². The highest BCUT2D eigenvalue weighted by molar-refractivity contribution is 4.93. The molecule has 72 valence electrons. The number of rotatable bonds is 3. The zero-order valence-electron chi connectivity index (χ0n) is 8.03. The van der Waals surface area contributed by atoms with Crippen molar-refractivity contribution in [1.29, 1.82) is 0 Å².